The maximum absolute atomic E-state index is 12.1. The Kier molecular flexibility index (Phi) is 2.73. The van der Waals surface area contributed by atoms with Gasteiger partial charge >= 0.3 is 0 Å². The zero-order chi connectivity index (χ0) is 13.5. The molecular weight excluding hydrogens is 252 g/mol. The predicted octanol–water partition coefficient (Wildman–Crippen LogP) is 1.53. The molecule has 2 aliphatic rings. The lowest BCUT2D eigenvalue weighted by Crippen LogP contribution is -2.35. The predicted molar refractivity (Wildman–Crippen MR) is 75.4 cm³/mol. The van der Waals surface area contributed by atoms with Crippen LogP contribution in [0, 0.1) is 0 Å². The molecule has 2 N–H and O–H groups in total. The summed E-state index contributed by atoms with van der Waals surface area (Å²) in [5.74, 6) is 1.39. The van der Waals surface area contributed by atoms with Gasteiger partial charge in [0, 0.05) is 43.0 Å². The molecule has 1 saturated carbocycles. The Morgan fingerprint density at radius 1 is 1.40 bits per heavy atom. The van der Waals surface area contributed by atoms with E-state index in [0.717, 1.165) is 56.0 Å². The van der Waals surface area contributed by atoms with Gasteiger partial charge in [-0.2, -0.15) is 0 Å². The highest BCUT2D eigenvalue weighted by Gasteiger charge is 2.29. The van der Waals surface area contributed by atoms with Gasteiger partial charge in [-0.05, 0) is 31.4 Å². The Labute approximate surface area is 117 Å². The number of hydrogen-bond acceptors (Lipinski definition) is 3. The first-order valence-corrected chi connectivity index (χ1v) is 7.26. The number of hydrogen-bond donors (Lipinski definition) is 2. The van der Waals surface area contributed by atoms with Crippen molar-refractivity contribution in [2.24, 2.45) is 0 Å². The summed E-state index contributed by atoms with van der Waals surface area (Å²) >= 11 is 0. The molecule has 20 heavy (non-hydrogen) atoms. The molecule has 0 bridgehead atoms. The molecule has 1 aliphatic carbocycles. The van der Waals surface area contributed by atoms with Crippen molar-refractivity contribution < 1.29 is 0 Å². The van der Waals surface area contributed by atoms with E-state index in [1.54, 1.807) is 0 Å². The smallest absolute Gasteiger partial charge is 0.254 e. The standard InChI is InChI=1S/C15H18N4O/c20-15-12-5-7-19(8-11-2-1-6-16-11)9-13(12)17-14(18-15)10-3-4-10/h1-2,6,10,16H,3-5,7-9H2,(H,17,18,20). The van der Waals surface area contributed by atoms with Crippen molar-refractivity contribution in [2.45, 2.75) is 38.3 Å². The fourth-order valence-corrected chi connectivity index (χ4v) is 2.90. The Bertz CT molecular complexity index is 670. The van der Waals surface area contributed by atoms with Gasteiger partial charge in [0.25, 0.3) is 5.56 Å². The minimum Gasteiger partial charge on any atom is -0.364 e. The van der Waals surface area contributed by atoms with Crippen LogP contribution in [0.3, 0.4) is 0 Å². The quantitative estimate of drug-likeness (QED) is 0.889. The highest BCUT2D eigenvalue weighted by Crippen LogP contribution is 2.37. The van der Waals surface area contributed by atoms with Crippen LogP contribution in [0.15, 0.2) is 23.1 Å². The summed E-state index contributed by atoms with van der Waals surface area (Å²) in [5, 5.41) is 0. The molecule has 2 aromatic heterocycles. The van der Waals surface area contributed by atoms with Crippen LogP contribution in [-0.2, 0) is 19.5 Å². The molecule has 5 nitrogen and oxygen atoms in total. The van der Waals surface area contributed by atoms with Gasteiger partial charge < -0.3 is 9.97 Å². The summed E-state index contributed by atoms with van der Waals surface area (Å²) in [7, 11) is 0. The highest BCUT2D eigenvalue weighted by molar-refractivity contribution is 5.23. The third kappa shape index (κ3) is 2.18. The minimum absolute atomic E-state index is 0.0800. The van der Waals surface area contributed by atoms with Crippen LogP contribution in [-0.4, -0.2) is 26.4 Å². The van der Waals surface area contributed by atoms with E-state index in [2.05, 4.69) is 20.9 Å². The van der Waals surface area contributed by atoms with Crippen molar-refractivity contribution in [3.8, 4) is 0 Å². The van der Waals surface area contributed by atoms with Crippen LogP contribution >= 0.6 is 0 Å². The molecule has 0 radical (unpaired) electrons. The molecule has 4 rings (SSSR count). The maximum atomic E-state index is 12.1. The van der Waals surface area contributed by atoms with Crippen LogP contribution < -0.4 is 5.56 Å². The fraction of sp³-hybridized carbons (Fsp3) is 0.467. The normalized spacial score (nSPS) is 19.0. The largest absolute Gasteiger partial charge is 0.364 e. The van der Waals surface area contributed by atoms with E-state index in [-0.39, 0.29) is 5.56 Å². The van der Waals surface area contributed by atoms with Gasteiger partial charge in [-0.1, -0.05) is 0 Å². The number of rotatable bonds is 3. The number of aromatic nitrogens is 3. The van der Waals surface area contributed by atoms with Crippen molar-refractivity contribution in [1.29, 1.82) is 0 Å². The van der Waals surface area contributed by atoms with Gasteiger partial charge in [-0.15, -0.1) is 0 Å². The van der Waals surface area contributed by atoms with Crippen molar-refractivity contribution >= 4 is 0 Å². The number of nitrogens with one attached hydrogen (secondary N) is 2. The Morgan fingerprint density at radius 2 is 2.30 bits per heavy atom. The monoisotopic (exact) mass is 270 g/mol. The van der Waals surface area contributed by atoms with Crippen LogP contribution in [0.25, 0.3) is 0 Å². The van der Waals surface area contributed by atoms with Crippen LogP contribution in [0.4, 0.5) is 0 Å². The summed E-state index contributed by atoms with van der Waals surface area (Å²) in [5.41, 5.74) is 3.16. The molecule has 3 heterocycles. The van der Waals surface area contributed by atoms with Gasteiger partial charge in [-0.25, -0.2) is 4.98 Å². The van der Waals surface area contributed by atoms with Gasteiger partial charge in [0.2, 0.25) is 0 Å². The number of fused-ring (bicyclic) bond motifs is 1. The van der Waals surface area contributed by atoms with Crippen molar-refractivity contribution in [3.63, 3.8) is 0 Å². The van der Waals surface area contributed by atoms with Crippen molar-refractivity contribution in [3.05, 3.63) is 51.5 Å². The SMILES string of the molecule is O=c1[nH]c(C2CC2)nc2c1CCN(Cc1ccc[nH]1)C2. The van der Waals surface area contributed by atoms with E-state index in [9.17, 15) is 4.79 Å². The number of H-pyrrole nitrogens is 2. The zero-order valence-electron chi connectivity index (χ0n) is 11.4. The van der Waals surface area contributed by atoms with E-state index in [1.807, 2.05) is 12.3 Å². The Hall–Kier alpha value is -1.88. The maximum Gasteiger partial charge on any atom is 0.254 e. The molecule has 1 aliphatic heterocycles. The zero-order valence-corrected chi connectivity index (χ0v) is 11.4. The van der Waals surface area contributed by atoms with Gasteiger partial charge in [-0.3, -0.25) is 9.69 Å². The second kappa shape index (κ2) is 4.59. The molecule has 0 saturated heterocycles. The van der Waals surface area contributed by atoms with Gasteiger partial charge in [0.05, 0.1) is 5.69 Å². The Balaban J connectivity index is 1.59. The second-order valence-electron chi connectivity index (χ2n) is 5.81. The van der Waals surface area contributed by atoms with Crippen molar-refractivity contribution in [2.75, 3.05) is 6.54 Å². The molecular formula is C15H18N4O. The van der Waals surface area contributed by atoms with Crippen LogP contribution in [0.2, 0.25) is 0 Å². The molecule has 0 unspecified atom stereocenters. The molecule has 104 valence electrons. The molecule has 0 spiro atoms. The first kappa shape index (κ1) is 11.9. The third-order valence-corrected chi connectivity index (χ3v) is 4.19. The molecule has 2 aromatic rings. The molecule has 0 atom stereocenters. The first-order chi connectivity index (χ1) is 9.79. The van der Waals surface area contributed by atoms with Gasteiger partial charge in [0.15, 0.2) is 0 Å². The third-order valence-electron chi connectivity index (χ3n) is 4.19. The van der Waals surface area contributed by atoms with Crippen LogP contribution in [0.5, 0.6) is 0 Å². The van der Waals surface area contributed by atoms with Gasteiger partial charge in [0.1, 0.15) is 5.82 Å². The summed E-state index contributed by atoms with van der Waals surface area (Å²) in [6.45, 7) is 2.58. The fourth-order valence-electron chi connectivity index (χ4n) is 2.90. The minimum atomic E-state index is 0.0800. The lowest BCUT2D eigenvalue weighted by molar-refractivity contribution is 0.237. The molecule has 1 fully saturated rings. The van der Waals surface area contributed by atoms with E-state index in [0.29, 0.717) is 5.92 Å². The average molecular weight is 270 g/mol. The van der Waals surface area contributed by atoms with Crippen LogP contribution in [0.1, 0.15) is 41.5 Å². The van der Waals surface area contributed by atoms with E-state index >= 15 is 0 Å². The van der Waals surface area contributed by atoms with E-state index < -0.39 is 0 Å². The Morgan fingerprint density at radius 3 is 3.05 bits per heavy atom. The highest BCUT2D eigenvalue weighted by atomic mass is 16.1. The lowest BCUT2D eigenvalue weighted by atomic mass is 10.1. The number of nitrogens with zero attached hydrogens (tertiary/aromatic N) is 2. The summed E-state index contributed by atoms with van der Waals surface area (Å²) in [6.07, 6.45) is 5.06. The average Bonchev–Trinajstić information content (AvgIpc) is 3.17. The molecule has 5 heteroatoms. The second-order valence-corrected chi connectivity index (χ2v) is 5.81. The summed E-state index contributed by atoms with van der Waals surface area (Å²) in [6, 6.07) is 4.11. The first-order valence-electron chi connectivity index (χ1n) is 7.26. The summed E-state index contributed by atoms with van der Waals surface area (Å²) < 4.78 is 0. The van der Waals surface area contributed by atoms with E-state index in [1.165, 1.54) is 5.69 Å². The van der Waals surface area contributed by atoms with Crippen molar-refractivity contribution in [1.82, 2.24) is 19.9 Å². The molecule has 0 aromatic carbocycles. The summed E-state index contributed by atoms with van der Waals surface area (Å²) in [4.78, 5) is 25.4. The topological polar surface area (TPSA) is 64.8 Å². The number of aromatic amines is 2. The van der Waals surface area contributed by atoms with E-state index in [4.69, 9.17) is 4.98 Å². The lowest BCUT2D eigenvalue weighted by Gasteiger charge is -2.27. The molecule has 0 amide bonds.